The van der Waals surface area contributed by atoms with Crippen LogP contribution in [0.3, 0.4) is 0 Å². The van der Waals surface area contributed by atoms with E-state index in [0.29, 0.717) is 6.42 Å². The molecule has 5 nitrogen and oxygen atoms in total. The molecule has 0 saturated heterocycles. The molecule has 0 fully saturated rings. The standard InChI is InChI=1S/C14H18O5/c1-4-10(3)18-19-14(16)12-9-7-6-8-11(12)13(15)17-5-2/h6-10H,4-5H2,1-3H3. The molecule has 0 heterocycles. The molecule has 0 bridgehead atoms. The summed E-state index contributed by atoms with van der Waals surface area (Å²) < 4.78 is 4.88. The molecule has 0 aliphatic heterocycles. The Bertz CT molecular complexity index is 441. The highest BCUT2D eigenvalue weighted by atomic mass is 17.2. The minimum Gasteiger partial charge on any atom is -0.462 e. The molecule has 0 N–H and O–H groups in total. The van der Waals surface area contributed by atoms with E-state index >= 15 is 0 Å². The Morgan fingerprint density at radius 3 is 2.21 bits per heavy atom. The molecule has 1 aromatic carbocycles. The van der Waals surface area contributed by atoms with Crippen molar-refractivity contribution in [3.05, 3.63) is 35.4 Å². The molecular formula is C14H18O5. The van der Waals surface area contributed by atoms with Gasteiger partial charge in [-0.1, -0.05) is 19.1 Å². The van der Waals surface area contributed by atoms with Gasteiger partial charge < -0.3 is 4.74 Å². The lowest BCUT2D eigenvalue weighted by Gasteiger charge is -2.10. The largest absolute Gasteiger partial charge is 0.462 e. The van der Waals surface area contributed by atoms with Crippen molar-refractivity contribution in [2.45, 2.75) is 33.3 Å². The molecule has 0 spiro atoms. The van der Waals surface area contributed by atoms with Gasteiger partial charge in [-0.25, -0.2) is 9.59 Å². The van der Waals surface area contributed by atoms with E-state index in [1.165, 1.54) is 12.1 Å². The Kier molecular flexibility index (Phi) is 6.02. The van der Waals surface area contributed by atoms with Gasteiger partial charge in [-0.05, 0) is 32.4 Å². The Morgan fingerprint density at radius 2 is 1.68 bits per heavy atom. The van der Waals surface area contributed by atoms with Gasteiger partial charge in [0.25, 0.3) is 0 Å². The average molecular weight is 266 g/mol. The zero-order chi connectivity index (χ0) is 14.3. The summed E-state index contributed by atoms with van der Waals surface area (Å²) in [6.45, 7) is 5.63. The van der Waals surface area contributed by atoms with Crippen LogP contribution >= 0.6 is 0 Å². The first-order valence-corrected chi connectivity index (χ1v) is 6.23. The lowest BCUT2D eigenvalue weighted by molar-refractivity contribution is -0.270. The highest BCUT2D eigenvalue weighted by Gasteiger charge is 2.20. The van der Waals surface area contributed by atoms with Gasteiger partial charge in [0, 0.05) is 0 Å². The highest BCUT2D eigenvalue weighted by Crippen LogP contribution is 2.13. The SMILES string of the molecule is CCOC(=O)c1ccccc1C(=O)OOC(C)CC. The van der Waals surface area contributed by atoms with E-state index in [-0.39, 0.29) is 23.8 Å². The number of esters is 1. The molecule has 5 heteroatoms. The number of ether oxygens (including phenoxy) is 1. The molecule has 0 aliphatic rings. The van der Waals surface area contributed by atoms with Gasteiger partial charge in [-0.2, -0.15) is 4.89 Å². The van der Waals surface area contributed by atoms with Gasteiger partial charge in [0.2, 0.25) is 0 Å². The van der Waals surface area contributed by atoms with Crippen molar-refractivity contribution in [3.8, 4) is 0 Å². The fraction of sp³-hybridized carbons (Fsp3) is 0.429. The predicted octanol–water partition coefficient (Wildman–Crippen LogP) is 2.75. The summed E-state index contributed by atoms with van der Waals surface area (Å²) in [5.74, 6) is -1.26. The van der Waals surface area contributed by atoms with Gasteiger partial charge >= 0.3 is 11.9 Å². The number of carbonyl (C=O) groups is 2. The summed E-state index contributed by atoms with van der Waals surface area (Å²) in [5, 5.41) is 0. The third-order valence-corrected chi connectivity index (χ3v) is 2.51. The molecule has 1 rings (SSSR count). The van der Waals surface area contributed by atoms with Crippen molar-refractivity contribution in [1.29, 1.82) is 0 Å². The molecule has 1 aromatic rings. The van der Waals surface area contributed by atoms with Crippen LogP contribution in [0.1, 0.15) is 47.9 Å². The van der Waals surface area contributed by atoms with Crippen LogP contribution in [0, 0.1) is 0 Å². The second-order valence-corrected chi connectivity index (χ2v) is 3.95. The summed E-state index contributed by atoms with van der Waals surface area (Å²) in [4.78, 5) is 33.1. The molecule has 0 aliphatic carbocycles. The minimum atomic E-state index is -0.705. The normalized spacial score (nSPS) is 11.7. The van der Waals surface area contributed by atoms with Crippen molar-refractivity contribution >= 4 is 11.9 Å². The lowest BCUT2D eigenvalue weighted by atomic mass is 10.1. The second kappa shape index (κ2) is 7.53. The van der Waals surface area contributed by atoms with Crippen molar-refractivity contribution in [3.63, 3.8) is 0 Å². The van der Waals surface area contributed by atoms with Gasteiger partial charge in [-0.3, -0.25) is 4.89 Å². The summed E-state index contributed by atoms with van der Waals surface area (Å²) in [7, 11) is 0. The van der Waals surface area contributed by atoms with E-state index in [1.54, 1.807) is 26.0 Å². The monoisotopic (exact) mass is 266 g/mol. The van der Waals surface area contributed by atoms with E-state index in [0.717, 1.165) is 0 Å². The molecule has 1 unspecified atom stereocenters. The fourth-order valence-electron chi connectivity index (χ4n) is 1.29. The number of hydrogen-bond donors (Lipinski definition) is 0. The first-order valence-electron chi connectivity index (χ1n) is 6.23. The lowest BCUT2D eigenvalue weighted by Crippen LogP contribution is -2.16. The van der Waals surface area contributed by atoms with Crippen LogP contribution in [-0.2, 0) is 14.5 Å². The molecule has 0 aromatic heterocycles. The summed E-state index contributed by atoms with van der Waals surface area (Å²) in [5.41, 5.74) is 0.298. The van der Waals surface area contributed by atoms with Crippen molar-refractivity contribution in [1.82, 2.24) is 0 Å². The van der Waals surface area contributed by atoms with Gasteiger partial charge in [0.05, 0.1) is 17.7 Å². The van der Waals surface area contributed by atoms with Crippen molar-refractivity contribution in [2.24, 2.45) is 0 Å². The highest BCUT2D eigenvalue weighted by molar-refractivity contribution is 6.02. The fourth-order valence-corrected chi connectivity index (χ4v) is 1.29. The van der Waals surface area contributed by atoms with Crippen LogP contribution in [0.2, 0.25) is 0 Å². The molecule has 0 amide bonds. The van der Waals surface area contributed by atoms with Crippen LogP contribution < -0.4 is 0 Å². The maximum Gasteiger partial charge on any atom is 0.373 e. The van der Waals surface area contributed by atoms with E-state index in [2.05, 4.69) is 0 Å². The summed E-state index contributed by atoms with van der Waals surface area (Å²) in [6.07, 6.45) is 0.519. The number of carbonyl (C=O) groups excluding carboxylic acids is 2. The van der Waals surface area contributed by atoms with Crippen LogP contribution in [0.4, 0.5) is 0 Å². The topological polar surface area (TPSA) is 61.8 Å². The Labute approximate surface area is 112 Å². The third-order valence-electron chi connectivity index (χ3n) is 2.51. The first kappa shape index (κ1) is 15.2. The Hall–Kier alpha value is -1.88. The molecule has 0 radical (unpaired) electrons. The van der Waals surface area contributed by atoms with E-state index < -0.39 is 11.9 Å². The molecule has 0 saturated carbocycles. The van der Waals surface area contributed by atoms with Crippen molar-refractivity contribution in [2.75, 3.05) is 6.61 Å². The number of rotatable bonds is 6. The van der Waals surface area contributed by atoms with E-state index in [1.807, 2.05) is 6.92 Å². The average Bonchev–Trinajstić information content (AvgIpc) is 2.44. The third kappa shape index (κ3) is 4.37. The molecular weight excluding hydrogens is 248 g/mol. The zero-order valence-corrected chi connectivity index (χ0v) is 11.3. The minimum absolute atomic E-state index is 0.129. The summed E-state index contributed by atoms with van der Waals surface area (Å²) in [6, 6.07) is 6.30. The van der Waals surface area contributed by atoms with Crippen LogP contribution in [-0.4, -0.2) is 24.6 Å². The van der Waals surface area contributed by atoms with Crippen LogP contribution in [0.5, 0.6) is 0 Å². The molecule has 104 valence electrons. The molecule has 1 atom stereocenters. The Morgan fingerprint density at radius 1 is 1.11 bits per heavy atom. The quantitative estimate of drug-likeness (QED) is 0.450. The van der Waals surface area contributed by atoms with Crippen LogP contribution in [0.15, 0.2) is 24.3 Å². The smallest absolute Gasteiger partial charge is 0.373 e. The number of hydrogen-bond acceptors (Lipinski definition) is 5. The van der Waals surface area contributed by atoms with Gasteiger partial charge in [-0.15, -0.1) is 0 Å². The van der Waals surface area contributed by atoms with E-state index in [9.17, 15) is 9.59 Å². The van der Waals surface area contributed by atoms with Gasteiger partial charge in [0.15, 0.2) is 0 Å². The predicted molar refractivity (Wildman–Crippen MR) is 68.7 cm³/mol. The maximum atomic E-state index is 11.8. The second-order valence-electron chi connectivity index (χ2n) is 3.95. The first-order chi connectivity index (χ1) is 9.10. The summed E-state index contributed by atoms with van der Waals surface area (Å²) >= 11 is 0. The molecule has 19 heavy (non-hydrogen) atoms. The maximum absolute atomic E-state index is 11.8. The van der Waals surface area contributed by atoms with Crippen molar-refractivity contribution < 1.29 is 24.1 Å². The van der Waals surface area contributed by atoms with E-state index in [4.69, 9.17) is 14.5 Å². The van der Waals surface area contributed by atoms with Crippen LogP contribution in [0.25, 0.3) is 0 Å². The zero-order valence-electron chi connectivity index (χ0n) is 11.3. The Balaban J connectivity index is 2.82. The number of benzene rings is 1. The van der Waals surface area contributed by atoms with Gasteiger partial charge in [0.1, 0.15) is 6.10 Å².